The summed E-state index contributed by atoms with van der Waals surface area (Å²) in [6.45, 7) is 17.7. The average molecular weight is 629 g/mol. The minimum Gasteiger partial charge on any atom is -0.481 e. The summed E-state index contributed by atoms with van der Waals surface area (Å²) >= 11 is 0. The lowest BCUT2D eigenvalue weighted by Gasteiger charge is -2.36. The van der Waals surface area contributed by atoms with Gasteiger partial charge in [-0.05, 0) is 58.4 Å². The number of aliphatic carboxylic acids is 2. The summed E-state index contributed by atoms with van der Waals surface area (Å²) in [6.07, 6.45) is 0.463. The van der Waals surface area contributed by atoms with Crippen molar-refractivity contribution in [3.8, 4) is 11.1 Å². The molecule has 2 aliphatic rings. The van der Waals surface area contributed by atoms with E-state index in [1.54, 1.807) is 0 Å². The molecule has 2 N–H and O–H groups in total. The van der Waals surface area contributed by atoms with Crippen molar-refractivity contribution >= 4 is 23.3 Å². The van der Waals surface area contributed by atoms with Gasteiger partial charge in [0.25, 0.3) is 0 Å². The monoisotopic (exact) mass is 628 g/mol. The molecule has 0 spiro atoms. The summed E-state index contributed by atoms with van der Waals surface area (Å²) < 4.78 is 0. The Labute approximate surface area is 275 Å². The fourth-order valence-corrected chi connectivity index (χ4v) is 6.01. The van der Waals surface area contributed by atoms with E-state index in [4.69, 9.17) is 10.2 Å². The molecule has 2 heterocycles. The Morgan fingerprint density at radius 3 is 1.41 bits per heavy atom. The van der Waals surface area contributed by atoms with Crippen LogP contribution >= 0.6 is 0 Å². The first-order valence-corrected chi connectivity index (χ1v) is 16.8. The number of anilines is 2. The molecule has 248 valence electrons. The van der Waals surface area contributed by atoms with Gasteiger partial charge in [-0.3, -0.25) is 19.4 Å². The summed E-state index contributed by atoms with van der Waals surface area (Å²) in [5.74, 6) is -0.357. The normalized spacial score (nSPS) is 16.0. The van der Waals surface area contributed by atoms with Gasteiger partial charge in [-0.2, -0.15) is 0 Å². The number of piperazine rings is 2. The maximum atomic E-state index is 10.7. The van der Waals surface area contributed by atoms with Crippen LogP contribution in [0.2, 0.25) is 0 Å². The molecule has 0 amide bonds. The number of carbonyl (C=O) groups is 2. The van der Waals surface area contributed by atoms with Crippen LogP contribution in [0.15, 0.2) is 72.8 Å². The molecule has 2 aliphatic heterocycles. The van der Waals surface area contributed by atoms with Crippen LogP contribution in [-0.4, -0.2) is 97.4 Å². The zero-order valence-electron chi connectivity index (χ0n) is 28.1. The fraction of sp³-hybridized carbons (Fsp3) is 0.474. The number of carboxylic acid groups (broad SMARTS) is 2. The highest BCUT2D eigenvalue weighted by Crippen LogP contribution is 2.28. The Kier molecular flexibility index (Phi) is 13.0. The molecule has 0 atom stereocenters. The van der Waals surface area contributed by atoms with Crippen LogP contribution < -0.4 is 9.80 Å². The molecule has 8 nitrogen and oxygen atoms in total. The lowest BCUT2D eigenvalue weighted by Crippen LogP contribution is -2.46. The summed E-state index contributed by atoms with van der Waals surface area (Å²) in [6, 6.07) is 26.3. The quantitative estimate of drug-likeness (QED) is 0.250. The average Bonchev–Trinajstić information content (AvgIpc) is 3.07. The number of hydrogen-bond acceptors (Lipinski definition) is 6. The van der Waals surface area contributed by atoms with Gasteiger partial charge in [-0.15, -0.1) is 0 Å². The van der Waals surface area contributed by atoms with Gasteiger partial charge in [-0.25, -0.2) is 0 Å². The van der Waals surface area contributed by atoms with Crippen LogP contribution in [0.4, 0.5) is 11.4 Å². The van der Waals surface area contributed by atoms with Gasteiger partial charge in [0.2, 0.25) is 0 Å². The van der Waals surface area contributed by atoms with E-state index < -0.39 is 11.9 Å². The van der Waals surface area contributed by atoms with Crippen molar-refractivity contribution in [3.05, 3.63) is 83.9 Å². The van der Waals surface area contributed by atoms with E-state index >= 15 is 0 Å². The molecule has 0 aliphatic carbocycles. The number of hydrogen-bond donors (Lipinski definition) is 2. The maximum absolute atomic E-state index is 10.7. The van der Waals surface area contributed by atoms with Crippen LogP contribution in [-0.2, 0) is 9.59 Å². The van der Waals surface area contributed by atoms with Gasteiger partial charge >= 0.3 is 11.9 Å². The van der Waals surface area contributed by atoms with Crippen molar-refractivity contribution in [1.29, 1.82) is 0 Å². The Hall–Kier alpha value is -3.88. The number of carboxylic acids is 2. The number of rotatable bonds is 11. The second kappa shape index (κ2) is 17.2. The minimum atomic E-state index is -0.719. The first kappa shape index (κ1) is 35.0. The van der Waals surface area contributed by atoms with E-state index in [2.05, 4.69) is 120 Å². The van der Waals surface area contributed by atoms with Crippen LogP contribution in [0.1, 0.15) is 63.5 Å². The third-order valence-corrected chi connectivity index (χ3v) is 9.03. The zero-order chi connectivity index (χ0) is 33.1. The van der Waals surface area contributed by atoms with Crippen molar-refractivity contribution in [2.75, 3.05) is 75.2 Å². The molecule has 2 saturated heterocycles. The van der Waals surface area contributed by atoms with Crippen LogP contribution in [0, 0.1) is 0 Å². The van der Waals surface area contributed by atoms with Gasteiger partial charge in [0, 0.05) is 76.8 Å². The number of nitrogens with zero attached hydrogens (tertiary/aromatic N) is 4. The Morgan fingerprint density at radius 2 is 0.957 bits per heavy atom. The Balaban J connectivity index is 0.000000216. The molecule has 0 radical (unpaired) electrons. The second-order valence-electron chi connectivity index (χ2n) is 13.0. The number of benzene rings is 3. The standard InChI is InChI=1S/C22H28N2O2.C16H24N2O2/c1-17(2)18-5-3-6-19(15-18)20-7-4-8-21(16-20)24-13-11-23(12-14-24)10-9-22(25)26;1-13(2)14-4-3-5-15(12-14)18-10-8-17(9-11-18)7-6-16(19)20/h3-8,15-17H,9-14H2,1-2H3,(H,25,26);3-5,12-13H,6-11H2,1-2H3,(H,19,20). The molecule has 8 heteroatoms. The maximum Gasteiger partial charge on any atom is 0.304 e. The molecule has 46 heavy (non-hydrogen) atoms. The van der Waals surface area contributed by atoms with Crippen molar-refractivity contribution in [2.24, 2.45) is 0 Å². The third kappa shape index (κ3) is 10.6. The molecule has 3 aromatic carbocycles. The molecule has 5 rings (SSSR count). The molecule has 0 saturated carbocycles. The molecule has 0 aromatic heterocycles. The summed E-state index contributed by atoms with van der Waals surface area (Å²) in [5, 5.41) is 17.5. The molecular weight excluding hydrogens is 576 g/mol. The summed E-state index contributed by atoms with van der Waals surface area (Å²) in [4.78, 5) is 30.6. The highest BCUT2D eigenvalue weighted by atomic mass is 16.4. The molecular formula is C38H52N4O4. The first-order chi connectivity index (χ1) is 22.1. The predicted molar refractivity (Wildman–Crippen MR) is 188 cm³/mol. The van der Waals surface area contributed by atoms with E-state index in [0.29, 0.717) is 24.9 Å². The Bertz CT molecular complexity index is 1410. The smallest absolute Gasteiger partial charge is 0.304 e. The first-order valence-electron chi connectivity index (χ1n) is 16.8. The lowest BCUT2D eigenvalue weighted by atomic mass is 9.97. The van der Waals surface area contributed by atoms with Crippen molar-refractivity contribution in [2.45, 2.75) is 52.4 Å². The van der Waals surface area contributed by atoms with Crippen LogP contribution in [0.5, 0.6) is 0 Å². The van der Waals surface area contributed by atoms with Crippen LogP contribution in [0.3, 0.4) is 0 Å². The molecule has 0 unspecified atom stereocenters. The SMILES string of the molecule is CC(C)c1cccc(-c2cccc(N3CCN(CCC(=O)O)CC3)c2)c1.CC(C)c1cccc(N2CCN(CCC(=O)O)CC2)c1. The highest BCUT2D eigenvalue weighted by molar-refractivity contribution is 5.69. The highest BCUT2D eigenvalue weighted by Gasteiger charge is 2.19. The van der Waals surface area contributed by atoms with Gasteiger partial charge in [0.15, 0.2) is 0 Å². The van der Waals surface area contributed by atoms with Crippen LogP contribution in [0.25, 0.3) is 11.1 Å². The van der Waals surface area contributed by atoms with Gasteiger partial charge < -0.3 is 20.0 Å². The largest absolute Gasteiger partial charge is 0.481 e. The van der Waals surface area contributed by atoms with Gasteiger partial charge in [0.05, 0.1) is 12.8 Å². The predicted octanol–water partition coefficient (Wildman–Crippen LogP) is 6.48. The molecule has 2 fully saturated rings. The van der Waals surface area contributed by atoms with Crippen molar-refractivity contribution in [1.82, 2.24) is 9.80 Å². The van der Waals surface area contributed by atoms with Crippen molar-refractivity contribution < 1.29 is 19.8 Å². The second-order valence-corrected chi connectivity index (χ2v) is 13.0. The van der Waals surface area contributed by atoms with E-state index in [1.165, 1.54) is 33.6 Å². The molecule has 0 bridgehead atoms. The summed E-state index contributed by atoms with van der Waals surface area (Å²) in [5.41, 5.74) is 7.77. The lowest BCUT2D eigenvalue weighted by molar-refractivity contribution is -0.138. The zero-order valence-corrected chi connectivity index (χ0v) is 28.1. The fourth-order valence-electron chi connectivity index (χ4n) is 6.01. The van der Waals surface area contributed by atoms with E-state index in [1.807, 2.05) is 0 Å². The summed E-state index contributed by atoms with van der Waals surface area (Å²) in [7, 11) is 0. The van der Waals surface area contributed by atoms with E-state index in [-0.39, 0.29) is 12.8 Å². The topological polar surface area (TPSA) is 87.6 Å². The van der Waals surface area contributed by atoms with E-state index in [0.717, 1.165) is 52.4 Å². The van der Waals surface area contributed by atoms with E-state index in [9.17, 15) is 9.59 Å². The van der Waals surface area contributed by atoms with Gasteiger partial charge in [-0.1, -0.05) is 76.2 Å². The molecule has 3 aromatic rings. The van der Waals surface area contributed by atoms with Gasteiger partial charge in [0.1, 0.15) is 0 Å². The Morgan fingerprint density at radius 1 is 0.565 bits per heavy atom. The minimum absolute atomic E-state index is 0.224. The third-order valence-electron chi connectivity index (χ3n) is 9.03. The van der Waals surface area contributed by atoms with Crippen molar-refractivity contribution in [3.63, 3.8) is 0 Å².